The molecule has 2 aromatic heterocycles. The Morgan fingerprint density at radius 1 is 1.41 bits per heavy atom. The van der Waals surface area contributed by atoms with E-state index >= 15 is 0 Å². The minimum atomic E-state index is -0.625. The van der Waals surface area contributed by atoms with E-state index in [1.165, 1.54) is 0 Å². The van der Waals surface area contributed by atoms with Crippen LogP contribution >= 0.6 is 0 Å². The highest BCUT2D eigenvalue weighted by atomic mass is 16.6. The third kappa shape index (κ3) is 5.18. The van der Waals surface area contributed by atoms with E-state index in [1.54, 1.807) is 28.9 Å². The largest absolute Gasteiger partial charge is 0.444 e. The number of nitrogens with one attached hydrogen (secondary N) is 1. The van der Waals surface area contributed by atoms with Crippen molar-refractivity contribution >= 4 is 17.6 Å². The first-order valence-electron chi connectivity index (χ1n) is 9.26. The van der Waals surface area contributed by atoms with Crippen LogP contribution in [0, 0.1) is 0 Å². The average molecular weight is 403 g/mol. The Hall–Kier alpha value is -3.24. The van der Waals surface area contributed by atoms with Gasteiger partial charge in [0, 0.05) is 24.4 Å². The summed E-state index contributed by atoms with van der Waals surface area (Å²) in [6.45, 7) is 11.6. The van der Waals surface area contributed by atoms with Gasteiger partial charge in [-0.3, -0.25) is 9.48 Å². The lowest BCUT2D eigenvalue weighted by Gasteiger charge is -2.28. The zero-order chi connectivity index (χ0) is 21.2. The first-order chi connectivity index (χ1) is 13.6. The van der Waals surface area contributed by atoms with Crippen LogP contribution in [0.1, 0.15) is 50.6 Å². The number of carbonyl (C=O) groups excluding carboxylic acids is 2. The Labute approximate surface area is 168 Å². The predicted molar refractivity (Wildman–Crippen MR) is 102 cm³/mol. The molecule has 0 aromatic carbocycles. The van der Waals surface area contributed by atoms with E-state index in [0.717, 1.165) is 0 Å². The molecule has 1 aliphatic heterocycles. The number of nitrogens with zero attached hydrogens (tertiary/aromatic N) is 6. The van der Waals surface area contributed by atoms with Gasteiger partial charge in [-0.2, -0.15) is 4.98 Å². The minimum Gasteiger partial charge on any atom is -0.444 e. The van der Waals surface area contributed by atoms with E-state index in [4.69, 9.17) is 9.26 Å². The second-order valence-corrected chi connectivity index (χ2v) is 8.02. The summed E-state index contributed by atoms with van der Waals surface area (Å²) in [5.74, 6) is -0.343. The van der Waals surface area contributed by atoms with Crippen LogP contribution in [-0.4, -0.2) is 66.3 Å². The minimum absolute atomic E-state index is 0.0773. The highest BCUT2D eigenvalue weighted by Crippen LogP contribution is 2.23. The Balaban J connectivity index is 1.70. The number of hydrogen-bond donors (Lipinski definition) is 1. The van der Waals surface area contributed by atoms with Crippen molar-refractivity contribution in [2.45, 2.75) is 58.3 Å². The van der Waals surface area contributed by atoms with Crippen LogP contribution in [0.15, 0.2) is 23.5 Å². The van der Waals surface area contributed by atoms with Crippen molar-refractivity contribution in [3.05, 3.63) is 30.7 Å². The Morgan fingerprint density at radius 3 is 2.76 bits per heavy atom. The SMILES string of the molecule is C=C(C)c1nc(C(=O)N[C@@H]2C[C@@H](Cn3ccnn3)N(C(=O)OC(C)(C)C)C2)no1. The van der Waals surface area contributed by atoms with Crippen LogP contribution in [-0.2, 0) is 11.3 Å². The number of carbonyl (C=O) groups is 2. The molecule has 1 saturated heterocycles. The molecule has 0 radical (unpaired) electrons. The van der Waals surface area contributed by atoms with Gasteiger partial charge >= 0.3 is 6.09 Å². The molecule has 3 heterocycles. The first kappa shape index (κ1) is 20.5. The van der Waals surface area contributed by atoms with Crippen molar-refractivity contribution < 1.29 is 18.8 Å². The summed E-state index contributed by atoms with van der Waals surface area (Å²) in [6.07, 6.45) is 3.37. The fourth-order valence-electron chi connectivity index (χ4n) is 3.02. The Morgan fingerprint density at radius 2 is 2.17 bits per heavy atom. The van der Waals surface area contributed by atoms with Crippen LogP contribution in [0.2, 0.25) is 0 Å². The molecule has 0 aliphatic carbocycles. The maximum atomic E-state index is 12.7. The van der Waals surface area contributed by atoms with Gasteiger partial charge in [-0.15, -0.1) is 5.10 Å². The number of amides is 2. The van der Waals surface area contributed by atoms with Crippen molar-refractivity contribution in [3.8, 4) is 0 Å². The lowest BCUT2D eigenvalue weighted by Crippen LogP contribution is -2.43. The van der Waals surface area contributed by atoms with Gasteiger partial charge < -0.3 is 19.5 Å². The maximum absolute atomic E-state index is 12.7. The summed E-state index contributed by atoms with van der Waals surface area (Å²) in [5, 5.41) is 14.3. The molecular formula is C18H25N7O4. The summed E-state index contributed by atoms with van der Waals surface area (Å²) in [4.78, 5) is 30.8. The van der Waals surface area contributed by atoms with Gasteiger partial charge in [-0.1, -0.05) is 16.9 Å². The zero-order valence-electron chi connectivity index (χ0n) is 17.0. The monoisotopic (exact) mass is 403 g/mol. The second-order valence-electron chi connectivity index (χ2n) is 8.02. The van der Waals surface area contributed by atoms with Gasteiger partial charge in [-0.25, -0.2) is 4.79 Å². The normalized spacial score (nSPS) is 19.2. The number of allylic oxidation sites excluding steroid dienone is 1. The number of rotatable bonds is 5. The smallest absolute Gasteiger partial charge is 0.410 e. The molecule has 11 heteroatoms. The summed E-state index contributed by atoms with van der Waals surface area (Å²) >= 11 is 0. The van der Waals surface area contributed by atoms with Gasteiger partial charge in [0.05, 0.1) is 18.8 Å². The van der Waals surface area contributed by atoms with E-state index in [1.807, 2.05) is 20.8 Å². The highest BCUT2D eigenvalue weighted by Gasteiger charge is 2.39. The molecule has 1 fully saturated rings. The Kier molecular flexibility index (Phi) is 5.66. The quantitative estimate of drug-likeness (QED) is 0.795. The number of likely N-dealkylation sites (tertiary alicyclic amines) is 1. The number of hydrogen-bond acceptors (Lipinski definition) is 8. The second kappa shape index (κ2) is 8.02. The van der Waals surface area contributed by atoms with Crippen molar-refractivity contribution in [1.29, 1.82) is 0 Å². The summed E-state index contributed by atoms with van der Waals surface area (Å²) in [5.41, 5.74) is -0.0544. The molecule has 2 amide bonds. The van der Waals surface area contributed by atoms with Crippen molar-refractivity contribution in [1.82, 2.24) is 35.4 Å². The first-order valence-corrected chi connectivity index (χ1v) is 9.26. The number of ether oxygens (including phenoxy) is 1. The fourth-order valence-corrected chi connectivity index (χ4v) is 3.02. The molecule has 0 spiro atoms. The van der Waals surface area contributed by atoms with Crippen molar-refractivity contribution in [2.24, 2.45) is 0 Å². The van der Waals surface area contributed by atoms with Crippen molar-refractivity contribution in [3.63, 3.8) is 0 Å². The molecule has 156 valence electrons. The lowest BCUT2D eigenvalue weighted by atomic mass is 10.1. The molecule has 0 saturated carbocycles. The molecule has 3 rings (SSSR count). The molecule has 29 heavy (non-hydrogen) atoms. The number of aromatic nitrogens is 5. The third-order valence-electron chi connectivity index (χ3n) is 4.24. The van der Waals surface area contributed by atoms with Gasteiger partial charge in [0.1, 0.15) is 5.60 Å². The van der Waals surface area contributed by atoms with Crippen molar-refractivity contribution in [2.75, 3.05) is 6.54 Å². The Bertz CT molecular complexity index is 884. The van der Waals surface area contributed by atoms with Crippen LogP contribution in [0.3, 0.4) is 0 Å². The van der Waals surface area contributed by atoms with Gasteiger partial charge in [-0.05, 0) is 34.1 Å². The molecule has 2 atom stereocenters. The van der Waals surface area contributed by atoms with E-state index in [9.17, 15) is 9.59 Å². The molecule has 0 unspecified atom stereocenters. The fraction of sp³-hybridized carbons (Fsp3) is 0.556. The summed E-state index contributed by atoms with van der Waals surface area (Å²) < 4.78 is 12.2. The summed E-state index contributed by atoms with van der Waals surface area (Å²) in [7, 11) is 0. The topological polar surface area (TPSA) is 128 Å². The van der Waals surface area contributed by atoms with Gasteiger partial charge in [0.25, 0.3) is 17.6 Å². The standard InChI is InChI=1S/C18H25N7O4/c1-11(2)16-21-14(22-29-16)15(26)20-12-8-13(10-24-7-6-19-23-24)25(9-12)17(27)28-18(3,4)5/h6-7,12-13H,1,8-10H2,2-5H3,(H,20,26)/t12-,13+/m1/s1. The summed E-state index contributed by atoms with van der Waals surface area (Å²) in [6, 6.07) is -0.511. The lowest BCUT2D eigenvalue weighted by molar-refractivity contribution is 0.0207. The molecule has 0 bridgehead atoms. The predicted octanol–water partition coefficient (Wildman–Crippen LogP) is 1.50. The van der Waals surface area contributed by atoms with E-state index in [0.29, 0.717) is 25.1 Å². The van der Waals surface area contributed by atoms with Gasteiger partial charge in [0.15, 0.2) is 0 Å². The van der Waals surface area contributed by atoms with Crippen LogP contribution in [0.5, 0.6) is 0 Å². The molecule has 1 N–H and O–H groups in total. The molecule has 2 aromatic rings. The molecular weight excluding hydrogens is 378 g/mol. The zero-order valence-corrected chi connectivity index (χ0v) is 17.0. The van der Waals surface area contributed by atoms with Crippen LogP contribution in [0.25, 0.3) is 5.57 Å². The van der Waals surface area contributed by atoms with Crippen LogP contribution in [0.4, 0.5) is 4.79 Å². The highest BCUT2D eigenvalue weighted by molar-refractivity contribution is 5.90. The average Bonchev–Trinajstić information content (AvgIpc) is 3.33. The third-order valence-corrected chi connectivity index (χ3v) is 4.24. The van der Waals surface area contributed by atoms with Gasteiger partial charge in [0.2, 0.25) is 0 Å². The van der Waals surface area contributed by atoms with E-state index in [-0.39, 0.29) is 23.8 Å². The van der Waals surface area contributed by atoms with E-state index in [2.05, 4.69) is 32.3 Å². The molecule has 1 aliphatic rings. The van der Waals surface area contributed by atoms with Crippen LogP contribution < -0.4 is 5.32 Å². The van der Waals surface area contributed by atoms with E-state index < -0.39 is 17.6 Å². The maximum Gasteiger partial charge on any atom is 0.410 e. The molecule has 11 nitrogen and oxygen atoms in total.